The molecular weight excluding hydrogens is 224 g/mol. The Kier molecular flexibility index (Phi) is 3.60. The van der Waals surface area contributed by atoms with Gasteiger partial charge in [0.2, 0.25) is 0 Å². The summed E-state index contributed by atoms with van der Waals surface area (Å²) in [7, 11) is 1.96. The van der Waals surface area contributed by atoms with E-state index in [2.05, 4.69) is 4.98 Å². The van der Waals surface area contributed by atoms with Crippen molar-refractivity contribution in [3.8, 4) is 0 Å². The quantitative estimate of drug-likeness (QED) is 0.772. The average molecular weight is 242 g/mol. The maximum Gasteiger partial charge on any atom is 0.166 e. The molecule has 1 aromatic carbocycles. The molecule has 0 aliphatic rings. The monoisotopic (exact) mass is 242 g/mol. The third-order valence-corrected chi connectivity index (χ3v) is 3.29. The van der Waals surface area contributed by atoms with Crippen molar-refractivity contribution in [1.82, 2.24) is 9.55 Å². The zero-order chi connectivity index (χ0) is 13.1. The molecule has 0 fully saturated rings. The van der Waals surface area contributed by atoms with E-state index in [4.69, 9.17) is 0 Å². The molecule has 0 saturated carbocycles. The number of Topliss-reactive ketones (excluding diaryl/α,β-unsaturated/α-hetero) is 1. The summed E-state index contributed by atoms with van der Waals surface area (Å²) in [6.45, 7) is 3.91. The van der Waals surface area contributed by atoms with E-state index in [0.29, 0.717) is 6.42 Å². The van der Waals surface area contributed by atoms with Crippen LogP contribution in [0.2, 0.25) is 0 Å². The predicted molar refractivity (Wildman–Crippen MR) is 73.5 cm³/mol. The van der Waals surface area contributed by atoms with Crippen molar-refractivity contribution in [2.45, 2.75) is 26.7 Å². The Bertz CT molecular complexity index is 608. The van der Waals surface area contributed by atoms with Gasteiger partial charge in [-0.2, -0.15) is 0 Å². The maximum atomic E-state index is 12.1. The van der Waals surface area contributed by atoms with Crippen molar-refractivity contribution < 1.29 is 4.79 Å². The second kappa shape index (κ2) is 5.17. The van der Waals surface area contributed by atoms with Crippen molar-refractivity contribution in [3.05, 3.63) is 41.7 Å². The van der Waals surface area contributed by atoms with Crippen molar-refractivity contribution in [2.24, 2.45) is 7.05 Å². The van der Waals surface area contributed by atoms with Crippen molar-refractivity contribution in [2.75, 3.05) is 0 Å². The SMILES string of the molecule is C/C=C(/CC)C(=O)Cc1nc2ccccc2n1C. The van der Waals surface area contributed by atoms with Crippen LogP contribution in [0.5, 0.6) is 0 Å². The lowest BCUT2D eigenvalue weighted by Crippen LogP contribution is -2.10. The summed E-state index contributed by atoms with van der Waals surface area (Å²) in [6.07, 6.45) is 3.04. The number of imidazole rings is 1. The van der Waals surface area contributed by atoms with Gasteiger partial charge in [0, 0.05) is 7.05 Å². The number of fused-ring (bicyclic) bond motifs is 1. The summed E-state index contributed by atoms with van der Waals surface area (Å²) in [4.78, 5) is 16.6. The van der Waals surface area contributed by atoms with Gasteiger partial charge in [0.25, 0.3) is 0 Å². The highest BCUT2D eigenvalue weighted by atomic mass is 16.1. The first-order valence-corrected chi connectivity index (χ1v) is 6.26. The highest BCUT2D eigenvalue weighted by Crippen LogP contribution is 2.16. The Balaban J connectivity index is 2.33. The molecule has 0 spiro atoms. The molecule has 0 aliphatic carbocycles. The van der Waals surface area contributed by atoms with E-state index in [1.54, 1.807) is 0 Å². The first kappa shape index (κ1) is 12.6. The summed E-state index contributed by atoms with van der Waals surface area (Å²) < 4.78 is 2.00. The number of carbonyl (C=O) groups excluding carboxylic acids is 1. The first-order valence-electron chi connectivity index (χ1n) is 6.26. The summed E-state index contributed by atoms with van der Waals surface area (Å²) >= 11 is 0. The fraction of sp³-hybridized carbons (Fsp3) is 0.333. The topological polar surface area (TPSA) is 34.9 Å². The van der Waals surface area contributed by atoms with E-state index in [1.807, 2.05) is 55.8 Å². The van der Waals surface area contributed by atoms with Gasteiger partial charge < -0.3 is 4.57 Å². The van der Waals surface area contributed by atoms with Crippen LogP contribution in [0, 0.1) is 0 Å². The molecule has 0 atom stereocenters. The minimum absolute atomic E-state index is 0.165. The lowest BCUT2D eigenvalue weighted by molar-refractivity contribution is -0.115. The second-order valence-corrected chi connectivity index (χ2v) is 4.34. The van der Waals surface area contributed by atoms with Gasteiger partial charge in [-0.25, -0.2) is 4.98 Å². The predicted octanol–water partition coefficient (Wildman–Crippen LogP) is 3.04. The van der Waals surface area contributed by atoms with Crippen LogP contribution in [-0.2, 0) is 18.3 Å². The molecule has 0 amide bonds. The van der Waals surface area contributed by atoms with Crippen LogP contribution >= 0.6 is 0 Å². The molecule has 1 aromatic heterocycles. The van der Waals surface area contributed by atoms with E-state index in [0.717, 1.165) is 28.9 Å². The molecule has 2 aromatic rings. The van der Waals surface area contributed by atoms with Gasteiger partial charge in [-0.15, -0.1) is 0 Å². The summed E-state index contributed by atoms with van der Waals surface area (Å²) in [5, 5.41) is 0. The van der Waals surface area contributed by atoms with E-state index in [9.17, 15) is 4.79 Å². The Hall–Kier alpha value is -1.90. The molecule has 0 bridgehead atoms. The number of ketones is 1. The zero-order valence-electron chi connectivity index (χ0n) is 11.1. The molecule has 0 unspecified atom stereocenters. The van der Waals surface area contributed by atoms with Crippen LogP contribution in [0.25, 0.3) is 11.0 Å². The van der Waals surface area contributed by atoms with E-state index < -0.39 is 0 Å². The molecule has 18 heavy (non-hydrogen) atoms. The normalized spacial score (nSPS) is 12.1. The number of allylic oxidation sites excluding steroid dienone is 2. The number of aromatic nitrogens is 2. The lowest BCUT2D eigenvalue weighted by Gasteiger charge is -2.04. The van der Waals surface area contributed by atoms with Crippen LogP contribution in [0.1, 0.15) is 26.1 Å². The van der Waals surface area contributed by atoms with Gasteiger partial charge in [0.05, 0.1) is 17.5 Å². The number of benzene rings is 1. The molecule has 0 N–H and O–H groups in total. The third kappa shape index (κ3) is 2.21. The maximum absolute atomic E-state index is 12.1. The van der Waals surface area contributed by atoms with Crippen molar-refractivity contribution >= 4 is 16.8 Å². The van der Waals surface area contributed by atoms with Gasteiger partial charge in [0.1, 0.15) is 5.82 Å². The summed E-state index contributed by atoms with van der Waals surface area (Å²) in [5.74, 6) is 0.993. The Morgan fingerprint density at radius 1 is 1.39 bits per heavy atom. The third-order valence-electron chi connectivity index (χ3n) is 3.29. The first-order chi connectivity index (χ1) is 8.67. The highest BCUT2D eigenvalue weighted by Gasteiger charge is 2.13. The Morgan fingerprint density at radius 3 is 2.72 bits per heavy atom. The Labute approximate surface area is 107 Å². The van der Waals surface area contributed by atoms with E-state index >= 15 is 0 Å². The van der Waals surface area contributed by atoms with Crippen LogP contribution in [0.4, 0.5) is 0 Å². The molecule has 94 valence electrons. The summed E-state index contributed by atoms with van der Waals surface area (Å²) in [6, 6.07) is 7.94. The van der Waals surface area contributed by atoms with Crippen molar-refractivity contribution in [1.29, 1.82) is 0 Å². The number of hydrogen-bond acceptors (Lipinski definition) is 2. The number of nitrogens with zero attached hydrogens (tertiary/aromatic N) is 2. The average Bonchev–Trinajstić information content (AvgIpc) is 2.68. The minimum atomic E-state index is 0.165. The van der Waals surface area contributed by atoms with Crippen LogP contribution in [-0.4, -0.2) is 15.3 Å². The number of aryl methyl sites for hydroxylation is 1. The molecule has 0 radical (unpaired) electrons. The molecule has 1 heterocycles. The number of rotatable bonds is 4. The molecule has 2 rings (SSSR count). The fourth-order valence-corrected chi connectivity index (χ4v) is 2.17. The van der Waals surface area contributed by atoms with Gasteiger partial charge in [0.15, 0.2) is 5.78 Å². The Morgan fingerprint density at radius 2 is 2.11 bits per heavy atom. The minimum Gasteiger partial charge on any atom is -0.331 e. The van der Waals surface area contributed by atoms with Gasteiger partial charge >= 0.3 is 0 Å². The van der Waals surface area contributed by atoms with Gasteiger partial charge in [-0.05, 0) is 31.1 Å². The fourth-order valence-electron chi connectivity index (χ4n) is 2.17. The van der Waals surface area contributed by atoms with Crippen molar-refractivity contribution in [3.63, 3.8) is 0 Å². The number of para-hydroxylation sites is 2. The molecule has 3 nitrogen and oxygen atoms in total. The molecule has 0 aliphatic heterocycles. The smallest absolute Gasteiger partial charge is 0.166 e. The van der Waals surface area contributed by atoms with Crippen LogP contribution in [0.15, 0.2) is 35.9 Å². The zero-order valence-corrected chi connectivity index (χ0v) is 11.1. The second-order valence-electron chi connectivity index (χ2n) is 4.34. The largest absolute Gasteiger partial charge is 0.331 e. The summed E-state index contributed by atoms with van der Waals surface area (Å²) in [5.41, 5.74) is 2.89. The highest BCUT2D eigenvalue weighted by molar-refractivity contribution is 5.96. The standard InChI is InChI=1S/C15H18N2O/c1-4-11(5-2)14(18)10-15-16-12-8-6-7-9-13(12)17(15)3/h4,6-9H,5,10H2,1-3H3/b11-4-. The van der Waals surface area contributed by atoms with Crippen LogP contribution < -0.4 is 0 Å². The van der Waals surface area contributed by atoms with Gasteiger partial charge in [-0.3, -0.25) is 4.79 Å². The van der Waals surface area contributed by atoms with E-state index in [-0.39, 0.29) is 5.78 Å². The molecular formula is C15H18N2O. The number of carbonyl (C=O) groups is 1. The van der Waals surface area contributed by atoms with Gasteiger partial charge in [-0.1, -0.05) is 25.1 Å². The van der Waals surface area contributed by atoms with E-state index in [1.165, 1.54) is 0 Å². The number of hydrogen-bond donors (Lipinski definition) is 0. The van der Waals surface area contributed by atoms with Crippen LogP contribution in [0.3, 0.4) is 0 Å². The lowest BCUT2D eigenvalue weighted by atomic mass is 10.1. The molecule has 0 saturated heterocycles. The molecule has 3 heteroatoms.